The molecule has 0 aromatic carbocycles. The van der Waals surface area contributed by atoms with Gasteiger partial charge in [-0.25, -0.2) is 0 Å². The van der Waals surface area contributed by atoms with Crippen LogP contribution in [0.25, 0.3) is 0 Å². The SMILES string of the molecule is CC.CC(C)(C)N1CCSCC1. The van der Waals surface area contributed by atoms with Crippen LogP contribution in [-0.4, -0.2) is 35.0 Å². The summed E-state index contributed by atoms with van der Waals surface area (Å²) in [5.41, 5.74) is 0.390. The van der Waals surface area contributed by atoms with Crippen molar-refractivity contribution in [2.24, 2.45) is 0 Å². The molecule has 1 nitrogen and oxygen atoms in total. The van der Waals surface area contributed by atoms with Gasteiger partial charge in [0.05, 0.1) is 0 Å². The Morgan fingerprint density at radius 1 is 1.00 bits per heavy atom. The van der Waals surface area contributed by atoms with Crippen molar-refractivity contribution in [3.05, 3.63) is 0 Å². The fourth-order valence-corrected chi connectivity index (χ4v) is 2.14. The molecule has 2 heteroatoms. The molecule has 1 heterocycles. The summed E-state index contributed by atoms with van der Waals surface area (Å²) >= 11 is 2.07. The molecule has 0 aliphatic carbocycles. The molecule has 0 N–H and O–H groups in total. The zero-order valence-corrected chi connectivity index (χ0v) is 10.0. The van der Waals surface area contributed by atoms with Gasteiger partial charge in [-0.3, -0.25) is 4.90 Å². The van der Waals surface area contributed by atoms with Gasteiger partial charge < -0.3 is 0 Å². The van der Waals surface area contributed by atoms with Crippen LogP contribution in [0.1, 0.15) is 34.6 Å². The fourth-order valence-electron chi connectivity index (χ4n) is 1.23. The van der Waals surface area contributed by atoms with Gasteiger partial charge in [0.25, 0.3) is 0 Å². The van der Waals surface area contributed by atoms with Crippen molar-refractivity contribution in [3.63, 3.8) is 0 Å². The molecule has 0 radical (unpaired) electrons. The van der Waals surface area contributed by atoms with Gasteiger partial charge in [-0.15, -0.1) is 0 Å². The van der Waals surface area contributed by atoms with E-state index >= 15 is 0 Å². The van der Waals surface area contributed by atoms with Crippen LogP contribution in [0.5, 0.6) is 0 Å². The third-order valence-corrected chi connectivity index (χ3v) is 2.90. The second kappa shape index (κ2) is 5.87. The summed E-state index contributed by atoms with van der Waals surface area (Å²) in [7, 11) is 0. The molecule has 0 unspecified atom stereocenters. The first-order chi connectivity index (χ1) is 5.61. The standard InChI is InChI=1S/C8H17NS.C2H6/c1-8(2,3)9-4-6-10-7-5-9;1-2/h4-7H2,1-3H3;1-2H3. The Kier molecular flexibility index (Phi) is 6.02. The maximum absolute atomic E-state index is 2.56. The molecule has 0 aromatic rings. The van der Waals surface area contributed by atoms with Crippen LogP contribution in [0.4, 0.5) is 0 Å². The van der Waals surface area contributed by atoms with E-state index in [1.54, 1.807) is 0 Å². The highest BCUT2D eigenvalue weighted by Gasteiger charge is 2.22. The van der Waals surface area contributed by atoms with Gasteiger partial charge in [0.2, 0.25) is 0 Å². The van der Waals surface area contributed by atoms with Crippen LogP contribution in [0.2, 0.25) is 0 Å². The van der Waals surface area contributed by atoms with Crippen LogP contribution in [-0.2, 0) is 0 Å². The molecule has 1 saturated heterocycles. The number of hydrogen-bond donors (Lipinski definition) is 0. The van der Waals surface area contributed by atoms with E-state index < -0.39 is 0 Å². The smallest absolute Gasteiger partial charge is 0.0125 e. The van der Waals surface area contributed by atoms with E-state index in [4.69, 9.17) is 0 Å². The summed E-state index contributed by atoms with van der Waals surface area (Å²) in [4.78, 5) is 2.56. The topological polar surface area (TPSA) is 3.24 Å². The van der Waals surface area contributed by atoms with Gasteiger partial charge in [0.1, 0.15) is 0 Å². The predicted octanol–water partition coefficient (Wildman–Crippen LogP) is 2.86. The Hall–Kier alpha value is 0.310. The van der Waals surface area contributed by atoms with E-state index in [0.29, 0.717) is 5.54 Å². The molecular weight excluding hydrogens is 166 g/mol. The van der Waals surface area contributed by atoms with E-state index in [2.05, 4.69) is 37.4 Å². The molecule has 0 amide bonds. The van der Waals surface area contributed by atoms with Crippen molar-refractivity contribution in [2.75, 3.05) is 24.6 Å². The van der Waals surface area contributed by atoms with E-state index in [1.807, 2.05) is 13.8 Å². The van der Waals surface area contributed by atoms with Crippen LogP contribution in [0, 0.1) is 0 Å². The average molecular weight is 189 g/mol. The first-order valence-corrected chi connectivity index (χ1v) is 6.09. The quantitative estimate of drug-likeness (QED) is 0.576. The van der Waals surface area contributed by atoms with Gasteiger partial charge in [-0.1, -0.05) is 13.8 Å². The highest BCUT2D eigenvalue weighted by Crippen LogP contribution is 2.18. The molecule has 0 spiro atoms. The van der Waals surface area contributed by atoms with Crippen molar-refractivity contribution < 1.29 is 0 Å². The Morgan fingerprint density at radius 2 is 1.42 bits per heavy atom. The lowest BCUT2D eigenvalue weighted by Crippen LogP contribution is -2.45. The molecule has 12 heavy (non-hydrogen) atoms. The molecular formula is C10H23NS. The Morgan fingerprint density at radius 3 is 1.67 bits per heavy atom. The monoisotopic (exact) mass is 189 g/mol. The predicted molar refractivity (Wildman–Crippen MR) is 60.0 cm³/mol. The lowest BCUT2D eigenvalue weighted by Gasteiger charge is -2.37. The van der Waals surface area contributed by atoms with Crippen LogP contribution in [0.3, 0.4) is 0 Å². The summed E-state index contributed by atoms with van der Waals surface area (Å²) in [6.45, 7) is 13.4. The van der Waals surface area contributed by atoms with Gasteiger partial charge in [-0.2, -0.15) is 11.8 Å². The lowest BCUT2D eigenvalue weighted by atomic mass is 10.1. The molecule has 0 saturated carbocycles. The first kappa shape index (κ1) is 12.3. The highest BCUT2D eigenvalue weighted by atomic mass is 32.2. The Labute approximate surface area is 81.9 Å². The summed E-state index contributed by atoms with van der Waals surface area (Å²) in [6.07, 6.45) is 0. The van der Waals surface area contributed by atoms with Gasteiger partial charge in [0, 0.05) is 30.1 Å². The zero-order valence-electron chi connectivity index (χ0n) is 9.18. The second-order valence-electron chi connectivity index (χ2n) is 3.77. The minimum absolute atomic E-state index is 0.390. The fraction of sp³-hybridized carbons (Fsp3) is 1.00. The third-order valence-electron chi connectivity index (χ3n) is 1.96. The number of hydrogen-bond acceptors (Lipinski definition) is 2. The minimum Gasteiger partial charge on any atom is -0.297 e. The molecule has 0 bridgehead atoms. The van der Waals surface area contributed by atoms with Gasteiger partial charge in [-0.05, 0) is 20.8 Å². The van der Waals surface area contributed by atoms with Crippen LogP contribution < -0.4 is 0 Å². The number of thioether (sulfide) groups is 1. The van der Waals surface area contributed by atoms with Crippen molar-refractivity contribution in [2.45, 2.75) is 40.2 Å². The minimum atomic E-state index is 0.390. The Bertz CT molecular complexity index is 101. The number of rotatable bonds is 0. The third kappa shape index (κ3) is 4.36. The van der Waals surface area contributed by atoms with Gasteiger partial charge in [0.15, 0.2) is 0 Å². The van der Waals surface area contributed by atoms with Crippen molar-refractivity contribution in [1.29, 1.82) is 0 Å². The molecule has 74 valence electrons. The highest BCUT2D eigenvalue weighted by molar-refractivity contribution is 7.99. The van der Waals surface area contributed by atoms with Crippen molar-refractivity contribution >= 4 is 11.8 Å². The lowest BCUT2D eigenvalue weighted by molar-refractivity contribution is 0.153. The summed E-state index contributed by atoms with van der Waals surface area (Å²) < 4.78 is 0. The van der Waals surface area contributed by atoms with Gasteiger partial charge >= 0.3 is 0 Å². The normalized spacial score (nSPS) is 19.8. The molecule has 1 aliphatic rings. The van der Waals surface area contributed by atoms with Crippen molar-refractivity contribution in [1.82, 2.24) is 4.90 Å². The molecule has 0 atom stereocenters. The van der Waals surface area contributed by atoms with E-state index in [-0.39, 0.29) is 0 Å². The molecule has 1 fully saturated rings. The van der Waals surface area contributed by atoms with E-state index in [0.717, 1.165) is 0 Å². The second-order valence-corrected chi connectivity index (χ2v) is 4.99. The summed E-state index contributed by atoms with van der Waals surface area (Å²) in [5, 5.41) is 0. The molecule has 1 rings (SSSR count). The van der Waals surface area contributed by atoms with Crippen molar-refractivity contribution in [3.8, 4) is 0 Å². The average Bonchev–Trinajstić information content (AvgIpc) is 2.08. The first-order valence-electron chi connectivity index (χ1n) is 4.93. The maximum atomic E-state index is 2.56. The molecule has 0 aromatic heterocycles. The summed E-state index contributed by atoms with van der Waals surface area (Å²) in [6, 6.07) is 0. The van der Waals surface area contributed by atoms with Crippen LogP contribution >= 0.6 is 11.8 Å². The maximum Gasteiger partial charge on any atom is 0.0125 e. The summed E-state index contributed by atoms with van der Waals surface area (Å²) in [5.74, 6) is 2.63. The molecule has 1 aliphatic heterocycles. The zero-order chi connectivity index (χ0) is 9.61. The van der Waals surface area contributed by atoms with Crippen LogP contribution in [0.15, 0.2) is 0 Å². The van der Waals surface area contributed by atoms with E-state index in [9.17, 15) is 0 Å². The largest absolute Gasteiger partial charge is 0.297 e. The Balaban J connectivity index is 0.000000561. The number of nitrogens with zero attached hydrogens (tertiary/aromatic N) is 1. The van der Waals surface area contributed by atoms with E-state index in [1.165, 1.54) is 24.6 Å².